The van der Waals surface area contributed by atoms with Crippen LogP contribution in [-0.2, 0) is 20.7 Å². The van der Waals surface area contributed by atoms with Crippen molar-refractivity contribution in [2.24, 2.45) is 0 Å². The fraction of sp³-hybridized carbons (Fsp3) is 0.519. The van der Waals surface area contributed by atoms with Crippen LogP contribution in [0.3, 0.4) is 0 Å². The van der Waals surface area contributed by atoms with Gasteiger partial charge in [0.05, 0.1) is 19.8 Å². The number of likely N-dealkylation sites (tertiary alicyclic amines) is 1. The Balaban J connectivity index is 1.52. The van der Waals surface area contributed by atoms with Gasteiger partial charge in [-0.15, -0.1) is 0 Å². The van der Waals surface area contributed by atoms with Gasteiger partial charge in [-0.05, 0) is 67.6 Å². The third-order valence-corrected chi connectivity index (χ3v) is 7.36. The van der Waals surface area contributed by atoms with Crippen LogP contribution < -0.4 is 4.74 Å². The van der Waals surface area contributed by atoms with E-state index in [2.05, 4.69) is 0 Å². The van der Waals surface area contributed by atoms with Gasteiger partial charge in [-0.25, -0.2) is 0 Å². The summed E-state index contributed by atoms with van der Waals surface area (Å²) in [7, 11) is 1.35. The molecular weight excluding hydrogens is 486 g/mol. The molecule has 2 heterocycles. The number of nitrogens with zero attached hydrogens (tertiary/aromatic N) is 1. The summed E-state index contributed by atoms with van der Waals surface area (Å²) in [6, 6.07) is 12.7. The monoisotopic (exact) mass is 519 g/mol. The van der Waals surface area contributed by atoms with Gasteiger partial charge in [-0.1, -0.05) is 35.9 Å². The first-order valence-corrected chi connectivity index (χ1v) is 12.7. The molecule has 2 saturated heterocycles. The van der Waals surface area contributed by atoms with Crippen LogP contribution in [-0.4, -0.2) is 83.5 Å². The topological polar surface area (TPSA) is 109 Å². The van der Waals surface area contributed by atoms with Crippen molar-refractivity contribution in [1.82, 2.24) is 4.90 Å². The summed E-state index contributed by atoms with van der Waals surface area (Å²) in [5.41, 5.74) is 2.53. The molecule has 0 bridgehead atoms. The summed E-state index contributed by atoms with van der Waals surface area (Å²) in [5, 5.41) is 32.7. The van der Waals surface area contributed by atoms with E-state index >= 15 is 0 Å². The zero-order valence-electron chi connectivity index (χ0n) is 20.5. The van der Waals surface area contributed by atoms with Crippen LogP contribution in [0.1, 0.15) is 42.6 Å². The molecule has 36 heavy (non-hydrogen) atoms. The average molecular weight is 520 g/mol. The quantitative estimate of drug-likeness (QED) is 0.456. The summed E-state index contributed by atoms with van der Waals surface area (Å²) in [4.78, 5) is 14.0. The number of esters is 1. The highest BCUT2D eigenvalue weighted by molar-refractivity contribution is 6.31. The van der Waals surface area contributed by atoms with Crippen LogP contribution in [0.5, 0.6) is 5.75 Å². The third-order valence-electron chi connectivity index (χ3n) is 6.99. The van der Waals surface area contributed by atoms with E-state index in [0.29, 0.717) is 36.6 Å². The highest BCUT2D eigenvalue weighted by atomic mass is 35.5. The predicted octanol–water partition coefficient (Wildman–Crippen LogP) is 2.49. The lowest BCUT2D eigenvalue weighted by molar-refractivity contribution is -0.228. The van der Waals surface area contributed by atoms with E-state index in [0.717, 1.165) is 23.3 Å². The molecule has 9 heteroatoms. The molecule has 0 radical (unpaired) electrons. The Morgan fingerprint density at radius 3 is 2.56 bits per heavy atom. The van der Waals surface area contributed by atoms with Gasteiger partial charge in [0.1, 0.15) is 36.2 Å². The number of carbonyl (C=O) groups is 1. The van der Waals surface area contributed by atoms with Crippen LogP contribution >= 0.6 is 11.6 Å². The van der Waals surface area contributed by atoms with E-state index in [1.54, 1.807) is 12.1 Å². The van der Waals surface area contributed by atoms with Gasteiger partial charge < -0.3 is 29.5 Å². The van der Waals surface area contributed by atoms with E-state index in [-0.39, 0.29) is 12.5 Å². The van der Waals surface area contributed by atoms with Crippen LogP contribution in [0.4, 0.5) is 0 Å². The Hall–Kier alpha value is -2.20. The molecule has 1 unspecified atom stereocenters. The Labute approximate surface area is 216 Å². The smallest absolute Gasteiger partial charge is 0.323 e. The van der Waals surface area contributed by atoms with Gasteiger partial charge in [0, 0.05) is 11.6 Å². The van der Waals surface area contributed by atoms with Crippen molar-refractivity contribution in [1.29, 1.82) is 0 Å². The molecule has 0 aromatic heterocycles. The minimum absolute atomic E-state index is 0.230. The molecule has 2 fully saturated rings. The lowest BCUT2D eigenvalue weighted by atomic mass is 9.89. The maximum absolute atomic E-state index is 12.1. The average Bonchev–Trinajstić information content (AvgIpc) is 3.35. The minimum Gasteiger partial charge on any atom is -0.494 e. The van der Waals surface area contributed by atoms with Crippen molar-refractivity contribution in [3.8, 4) is 5.75 Å². The van der Waals surface area contributed by atoms with E-state index in [4.69, 9.17) is 25.8 Å². The van der Waals surface area contributed by atoms with Gasteiger partial charge >= 0.3 is 5.97 Å². The highest BCUT2D eigenvalue weighted by Gasteiger charge is 2.46. The molecule has 3 N–H and O–H groups in total. The normalized spacial score (nSPS) is 28.7. The van der Waals surface area contributed by atoms with Crippen molar-refractivity contribution in [2.45, 2.75) is 62.7 Å². The Kier molecular flexibility index (Phi) is 8.87. The van der Waals surface area contributed by atoms with Crippen LogP contribution in [0.25, 0.3) is 0 Å². The molecule has 8 nitrogen and oxygen atoms in total. The molecular formula is C27H34ClNO7. The van der Waals surface area contributed by atoms with E-state index in [1.807, 2.05) is 42.2 Å². The number of methoxy groups -OCH3 is 1. The number of benzene rings is 2. The molecule has 0 aliphatic carbocycles. The number of halogens is 1. The van der Waals surface area contributed by atoms with Crippen LogP contribution in [0.15, 0.2) is 42.5 Å². The number of ether oxygens (including phenoxy) is 3. The number of aliphatic hydroxyl groups is 3. The zero-order valence-corrected chi connectivity index (χ0v) is 21.3. The first-order valence-electron chi connectivity index (χ1n) is 12.3. The van der Waals surface area contributed by atoms with Crippen LogP contribution in [0.2, 0.25) is 5.02 Å². The largest absolute Gasteiger partial charge is 0.494 e. The zero-order chi connectivity index (χ0) is 25.8. The number of carbonyl (C=O) groups excluding carboxylic acids is 1. The number of rotatable bonds is 8. The maximum Gasteiger partial charge on any atom is 0.323 e. The summed E-state index contributed by atoms with van der Waals surface area (Å²) in [6.07, 6.45) is -3.66. The van der Waals surface area contributed by atoms with Gasteiger partial charge in [0.2, 0.25) is 0 Å². The van der Waals surface area contributed by atoms with Gasteiger partial charge in [0.25, 0.3) is 0 Å². The van der Waals surface area contributed by atoms with Crippen LogP contribution in [0, 0.1) is 0 Å². The first-order chi connectivity index (χ1) is 17.3. The highest BCUT2D eigenvalue weighted by Crippen LogP contribution is 2.35. The maximum atomic E-state index is 12.1. The lowest BCUT2D eigenvalue weighted by Crippen LogP contribution is -2.57. The summed E-state index contributed by atoms with van der Waals surface area (Å²) in [6.45, 7) is 3.42. The van der Waals surface area contributed by atoms with E-state index in [1.165, 1.54) is 7.11 Å². The second-order valence-electron chi connectivity index (χ2n) is 9.35. The van der Waals surface area contributed by atoms with E-state index < -0.39 is 36.6 Å². The fourth-order valence-electron chi connectivity index (χ4n) is 5.05. The Bertz CT molecular complexity index is 1030. The molecule has 6 atom stereocenters. The first kappa shape index (κ1) is 26.9. The summed E-state index contributed by atoms with van der Waals surface area (Å²) in [5.74, 6) is 0.470. The molecule has 4 rings (SSSR count). The van der Waals surface area contributed by atoms with Crippen molar-refractivity contribution >= 4 is 17.6 Å². The second-order valence-corrected chi connectivity index (χ2v) is 9.75. The second kappa shape index (κ2) is 11.9. The summed E-state index contributed by atoms with van der Waals surface area (Å²) < 4.78 is 16.6. The van der Waals surface area contributed by atoms with Crippen molar-refractivity contribution in [3.05, 3.63) is 64.2 Å². The SMILES string of the molecule is CCOc1ccc(Cc2cc([C@@H]3O[C@H](CN4CCCC4C(=O)OC)[C@@H](O)[C@H](O)[C@H]3O)ccc2Cl)cc1. The summed E-state index contributed by atoms with van der Waals surface area (Å²) >= 11 is 6.49. The molecule has 2 aliphatic heterocycles. The predicted molar refractivity (Wildman–Crippen MR) is 134 cm³/mol. The number of aliphatic hydroxyl groups excluding tert-OH is 3. The Morgan fingerprint density at radius 2 is 1.86 bits per heavy atom. The van der Waals surface area contributed by atoms with Crippen molar-refractivity contribution < 1.29 is 34.3 Å². The van der Waals surface area contributed by atoms with Gasteiger partial charge in [-0.3, -0.25) is 9.69 Å². The fourth-order valence-corrected chi connectivity index (χ4v) is 5.24. The van der Waals surface area contributed by atoms with E-state index in [9.17, 15) is 20.1 Å². The van der Waals surface area contributed by atoms with Gasteiger partial charge in [0.15, 0.2) is 0 Å². The molecule has 2 aliphatic rings. The molecule has 196 valence electrons. The molecule has 0 spiro atoms. The minimum atomic E-state index is -1.40. The lowest BCUT2D eigenvalue weighted by Gasteiger charge is -2.42. The number of hydrogen-bond acceptors (Lipinski definition) is 8. The molecule has 2 aromatic rings. The standard InChI is InChI=1S/C27H34ClNO7/c1-3-35-19-9-6-16(7-10-19)13-18-14-17(8-11-20(18)28)26-25(32)24(31)23(30)22(36-26)15-29-12-4-5-21(29)27(33)34-2/h6-11,14,21-26,30-32H,3-5,12-13,15H2,1-2H3/t21?,22-,23-,24+,25-,26+/m1/s1. The van der Waals surface area contributed by atoms with Crippen molar-refractivity contribution in [2.75, 3.05) is 26.8 Å². The molecule has 2 aromatic carbocycles. The number of hydrogen-bond donors (Lipinski definition) is 3. The molecule has 0 amide bonds. The van der Waals surface area contributed by atoms with Gasteiger partial charge in [-0.2, -0.15) is 0 Å². The molecule has 0 saturated carbocycles. The third kappa shape index (κ3) is 5.85. The Morgan fingerprint density at radius 1 is 1.11 bits per heavy atom. The van der Waals surface area contributed by atoms with Crippen molar-refractivity contribution in [3.63, 3.8) is 0 Å².